The van der Waals surface area contributed by atoms with Gasteiger partial charge < -0.3 is 41.8 Å². The topological polar surface area (TPSA) is 203 Å². The number of hydrogen-bond acceptors (Lipinski definition) is 6. The molecule has 12 heteroatoms. The van der Waals surface area contributed by atoms with Crippen LogP contribution in [0.1, 0.15) is 0 Å². The van der Waals surface area contributed by atoms with Crippen molar-refractivity contribution < 1.29 is 38.9 Å². The largest absolute Gasteiger partial charge is 0.465 e. The van der Waals surface area contributed by atoms with Crippen molar-refractivity contribution in [2.45, 2.75) is 0 Å². The molecule has 0 unspecified atom stereocenters. The van der Waals surface area contributed by atoms with Crippen molar-refractivity contribution in [1.29, 1.82) is 0 Å². The van der Waals surface area contributed by atoms with Crippen molar-refractivity contribution in [3.05, 3.63) is 0 Å². The summed E-state index contributed by atoms with van der Waals surface area (Å²) in [6.45, 7) is -1.78. The predicted molar refractivity (Wildman–Crippen MR) is 65.6 cm³/mol. The molecule has 8 N–H and O–H groups in total. The van der Waals surface area contributed by atoms with Gasteiger partial charge in [-0.25, -0.2) is 19.2 Å². The number of carbonyl (C=O) groups is 4. The predicted octanol–water partition coefficient (Wildman–Crippen LogP) is -1.30. The van der Waals surface area contributed by atoms with Gasteiger partial charge in [-0.15, -0.1) is 0 Å². The molecule has 0 aliphatic heterocycles. The van der Waals surface area contributed by atoms with Crippen molar-refractivity contribution in [2.75, 3.05) is 26.3 Å². The summed E-state index contributed by atoms with van der Waals surface area (Å²) >= 11 is 0. The van der Waals surface area contributed by atoms with Crippen LogP contribution in [0.5, 0.6) is 0 Å². The molecule has 21 heavy (non-hydrogen) atoms. The maximum atomic E-state index is 10.7. The van der Waals surface area contributed by atoms with Crippen molar-refractivity contribution in [3.63, 3.8) is 0 Å². The minimum Gasteiger partial charge on any atom is -0.465 e. The van der Waals surface area contributed by atoms with Crippen molar-refractivity contribution in [3.8, 4) is 0 Å². The lowest BCUT2D eigenvalue weighted by atomic mass is 9.89. The van der Waals surface area contributed by atoms with Crippen LogP contribution in [-0.2, 0) is 9.47 Å². The van der Waals surface area contributed by atoms with Gasteiger partial charge in [-0.1, -0.05) is 0 Å². The molecule has 0 spiro atoms. The Labute approximate surface area is 118 Å². The quantitative estimate of drug-likeness (QED) is 0.317. The van der Waals surface area contributed by atoms with Crippen molar-refractivity contribution >= 4 is 24.4 Å². The molecule has 0 aromatic rings. The molecule has 0 saturated heterocycles. The smallest absolute Gasteiger partial charge is 0.404 e. The summed E-state index contributed by atoms with van der Waals surface area (Å²) in [4.78, 5) is 42.4. The van der Waals surface area contributed by atoms with Crippen LogP contribution in [0.2, 0.25) is 0 Å². The Morgan fingerprint density at radius 1 is 0.857 bits per heavy atom. The highest BCUT2D eigenvalue weighted by Gasteiger charge is 2.35. The van der Waals surface area contributed by atoms with Crippen molar-refractivity contribution in [1.82, 2.24) is 10.6 Å². The average molecular weight is 308 g/mol. The van der Waals surface area contributed by atoms with E-state index in [4.69, 9.17) is 21.7 Å². The Kier molecular flexibility index (Phi) is 7.14. The number of nitrogens with one attached hydrogen (secondary N) is 2. The third kappa shape index (κ3) is 8.74. The summed E-state index contributed by atoms with van der Waals surface area (Å²) in [5.41, 5.74) is 8.20. The molecule has 0 radical (unpaired) electrons. The number of carbonyl (C=O) groups excluding carboxylic acids is 2. The number of amides is 4. The normalized spacial score (nSPS) is 10.3. The van der Waals surface area contributed by atoms with E-state index in [1.165, 1.54) is 0 Å². The maximum absolute atomic E-state index is 10.7. The van der Waals surface area contributed by atoms with E-state index in [2.05, 4.69) is 9.47 Å². The molecule has 0 aromatic carbocycles. The van der Waals surface area contributed by atoms with E-state index in [9.17, 15) is 19.2 Å². The van der Waals surface area contributed by atoms with Crippen LogP contribution in [0, 0.1) is 5.41 Å². The van der Waals surface area contributed by atoms with Gasteiger partial charge in [0.05, 0.1) is 5.41 Å². The first kappa shape index (κ1) is 18.1. The summed E-state index contributed by atoms with van der Waals surface area (Å²) in [6, 6.07) is 0. The van der Waals surface area contributed by atoms with E-state index in [0.29, 0.717) is 0 Å². The van der Waals surface area contributed by atoms with Crippen LogP contribution in [0.15, 0.2) is 0 Å². The molecule has 120 valence electrons. The van der Waals surface area contributed by atoms with Crippen LogP contribution in [-0.4, -0.2) is 60.9 Å². The van der Waals surface area contributed by atoms with Gasteiger partial charge in [0.2, 0.25) is 0 Å². The lowest BCUT2D eigenvalue weighted by molar-refractivity contribution is 0.0324. The monoisotopic (exact) mass is 308 g/mol. The zero-order chi connectivity index (χ0) is 16.5. The molecule has 0 aliphatic carbocycles. The van der Waals surface area contributed by atoms with Gasteiger partial charge in [0.1, 0.15) is 13.2 Å². The Morgan fingerprint density at radius 2 is 1.19 bits per heavy atom. The van der Waals surface area contributed by atoms with Crippen LogP contribution in [0.4, 0.5) is 19.2 Å². The van der Waals surface area contributed by atoms with E-state index < -0.39 is 43.0 Å². The highest BCUT2D eigenvalue weighted by Crippen LogP contribution is 2.17. The van der Waals surface area contributed by atoms with Gasteiger partial charge in [-0.2, -0.15) is 0 Å². The van der Waals surface area contributed by atoms with Gasteiger partial charge in [-0.3, -0.25) is 0 Å². The summed E-state index contributed by atoms with van der Waals surface area (Å²) in [5, 5.41) is 21.1. The van der Waals surface area contributed by atoms with Gasteiger partial charge in [-0.05, 0) is 0 Å². The fourth-order valence-electron chi connectivity index (χ4n) is 1.28. The van der Waals surface area contributed by atoms with Gasteiger partial charge in [0.25, 0.3) is 0 Å². The van der Waals surface area contributed by atoms with E-state index in [0.717, 1.165) is 0 Å². The number of hydrogen-bond donors (Lipinski definition) is 6. The van der Waals surface area contributed by atoms with Gasteiger partial charge in [0, 0.05) is 13.1 Å². The number of carboxylic acid groups (broad SMARTS) is 2. The standard InChI is InChI=1S/C9H16N4O8/c10-5(14)20-3-9(1-12-7(16)17,2-13-8(18)19)4-21-6(11)15/h12-13H,1-4H2,(H2,10,14)(H2,11,15)(H,16,17)(H,18,19). The van der Waals surface area contributed by atoms with Crippen LogP contribution < -0.4 is 22.1 Å². The molecular formula is C9H16N4O8. The Bertz CT molecular complexity index is 335. The third-order valence-electron chi connectivity index (χ3n) is 2.27. The Hall–Kier alpha value is -2.92. The highest BCUT2D eigenvalue weighted by atomic mass is 16.6. The van der Waals surface area contributed by atoms with E-state index in [1.807, 2.05) is 10.6 Å². The first-order valence-corrected chi connectivity index (χ1v) is 5.45. The fourth-order valence-corrected chi connectivity index (χ4v) is 1.28. The Balaban J connectivity index is 5.02. The summed E-state index contributed by atoms with van der Waals surface area (Å²) in [6.07, 6.45) is -5.14. The van der Waals surface area contributed by atoms with E-state index in [-0.39, 0.29) is 13.1 Å². The number of primary amides is 2. The average Bonchev–Trinajstić information content (AvgIpc) is 2.36. The minimum absolute atomic E-state index is 0.386. The summed E-state index contributed by atoms with van der Waals surface area (Å²) in [7, 11) is 0. The number of nitrogens with two attached hydrogens (primary N) is 2. The fraction of sp³-hybridized carbons (Fsp3) is 0.556. The van der Waals surface area contributed by atoms with Crippen LogP contribution in [0.3, 0.4) is 0 Å². The first-order chi connectivity index (χ1) is 9.67. The third-order valence-corrected chi connectivity index (χ3v) is 2.27. The Morgan fingerprint density at radius 3 is 1.43 bits per heavy atom. The molecule has 0 aromatic heterocycles. The molecular weight excluding hydrogens is 292 g/mol. The second-order valence-corrected chi connectivity index (χ2v) is 4.03. The molecule has 0 heterocycles. The SMILES string of the molecule is NC(=O)OCC(CNC(=O)O)(CNC(=O)O)COC(N)=O. The van der Waals surface area contributed by atoms with Gasteiger partial charge in [0.15, 0.2) is 0 Å². The molecule has 0 saturated carbocycles. The molecule has 0 aliphatic rings. The lowest BCUT2D eigenvalue weighted by Gasteiger charge is -2.31. The highest BCUT2D eigenvalue weighted by molar-refractivity contribution is 5.66. The van der Waals surface area contributed by atoms with Crippen LogP contribution in [0.25, 0.3) is 0 Å². The van der Waals surface area contributed by atoms with E-state index >= 15 is 0 Å². The summed E-state index contributed by atoms with van der Waals surface area (Å²) < 4.78 is 9.09. The van der Waals surface area contributed by atoms with Gasteiger partial charge >= 0.3 is 24.4 Å². The molecule has 0 atom stereocenters. The second kappa shape index (κ2) is 8.29. The maximum Gasteiger partial charge on any atom is 0.404 e. The zero-order valence-corrected chi connectivity index (χ0v) is 10.8. The summed E-state index contributed by atoms with van der Waals surface area (Å²) in [5.74, 6) is 0. The number of rotatable bonds is 8. The lowest BCUT2D eigenvalue weighted by Crippen LogP contribution is -2.51. The second-order valence-electron chi connectivity index (χ2n) is 4.03. The molecule has 0 rings (SSSR count). The molecule has 0 bridgehead atoms. The van der Waals surface area contributed by atoms with Crippen LogP contribution >= 0.6 is 0 Å². The minimum atomic E-state index is -1.41. The van der Waals surface area contributed by atoms with E-state index in [1.54, 1.807) is 0 Å². The molecule has 12 nitrogen and oxygen atoms in total. The van der Waals surface area contributed by atoms with Crippen molar-refractivity contribution in [2.24, 2.45) is 16.9 Å². The number of ether oxygens (including phenoxy) is 2. The first-order valence-electron chi connectivity index (χ1n) is 5.45. The molecule has 0 fully saturated rings. The zero-order valence-electron chi connectivity index (χ0n) is 10.8. The molecule has 4 amide bonds.